The Kier molecular flexibility index (Phi) is 9.38. The van der Waals surface area contributed by atoms with Crippen molar-refractivity contribution in [3.05, 3.63) is 24.3 Å². The van der Waals surface area contributed by atoms with E-state index in [0.717, 1.165) is 0 Å². The van der Waals surface area contributed by atoms with Crippen molar-refractivity contribution in [2.24, 2.45) is 0 Å². The first kappa shape index (κ1) is 29.9. The molecule has 3 rings (SSSR count). The Morgan fingerprint density at radius 3 is 2.49 bits per heavy atom. The number of nitrogens with one attached hydrogen (secondary N) is 1. The summed E-state index contributed by atoms with van der Waals surface area (Å²) >= 11 is 0. The molecule has 1 saturated heterocycles. The van der Waals surface area contributed by atoms with E-state index in [0.29, 0.717) is 17.9 Å². The molecule has 3 heterocycles. The fourth-order valence-corrected chi connectivity index (χ4v) is 5.96. The van der Waals surface area contributed by atoms with Gasteiger partial charge in [-0.25, -0.2) is 19.3 Å². The number of fused-ring (bicyclic) bond motifs is 1. The number of phosphoric acid groups is 3. The minimum atomic E-state index is -6.16. The lowest BCUT2D eigenvalue weighted by atomic mass is 10.1. The molecule has 1 aliphatic heterocycles. The molecule has 37 heavy (non-hydrogen) atoms. The number of hydrogen-bond acceptors (Lipinski definition) is 18. The van der Waals surface area contributed by atoms with Crippen LogP contribution in [0, 0.1) is 0 Å². The molecule has 2 unspecified atom stereocenters. The number of anilines is 1. The number of ether oxygens (including phenoxy) is 1. The van der Waals surface area contributed by atoms with Crippen LogP contribution in [0.2, 0.25) is 0 Å². The molecule has 19 nitrogen and oxygen atoms in total. The summed E-state index contributed by atoms with van der Waals surface area (Å²) in [5.74, 6) is 0.299. The molecule has 0 bridgehead atoms. The van der Waals surface area contributed by atoms with Crippen LogP contribution in [0.15, 0.2) is 24.3 Å². The molecule has 0 spiro atoms. The van der Waals surface area contributed by atoms with Gasteiger partial charge in [-0.2, -0.15) is 0 Å². The maximum Gasteiger partial charge on any atom is 0.278 e. The molecule has 6 atom stereocenters. The first-order chi connectivity index (χ1) is 17.1. The van der Waals surface area contributed by atoms with E-state index in [2.05, 4.69) is 33.4 Å². The highest BCUT2D eigenvalue weighted by Gasteiger charge is 2.45. The Morgan fingerprint density at radius 2 is 1.84 bits per heavy atom. The Hall–Kier alpha value is -1.66. The summed E-state index contributed by atoms with van der Waals surface area (Å²) < 4.78 is 50.8. The lowest BCUT2D eigenvalue weighted by Crippen LogP contribution is -2.34. The molecule has 4 N–H and O–H groups in total. The summed E-state index contributed by atoms with van der Waals surface area (Å²) in [5, 5.41) is 32.7. The molecular weight excluding hydrogens is 567 g/mol. The molecule has 1 aliphatic rings. The maximum absolute atomic E-state index is 11.7. The van der Waals surface area contributed by atoms with Gasteiger partial charge < -0.3 is 54.0 Å². The smallest absolute Gasteiger partial charge is 0.278 e. The van der Waals surface area contributed by atoms with Gasteiger partial charge in [-0.1, -0.05) is 11.6 Å². The number of imidazole rings is 1. The number of nitrogens with zero attached hydrogens (tertiary/aromatic N) is 4. The number of hydrogen-bond donors (Lipinski definition) is 4. The van der Waals surface area contributed by atoms with E-state index in [4.69, 9.17) is 9.84 Å². The SMILES string of the molecule is C/C(=C\CNc1ncnc2c1ncn2[C@@H]1O[C@H](COP(=O)([O-])OP(=O)([O-])OP(=O)([O-])[O-])[C@@H](O)[C@H]1O)CO. The van der Waals surface area contributed by atoms with Crippen molar-refractivity contribution in [1.29, 1.82) is 0 Å². The van der Waals surface area contributed by atoms with Crippen LogP contribution in [-0.4, -0.2) is 72.9 Å². The Balaban J connectivity index is 1.70. The topological polar surface area (TPSA) is 297 Å². The molecule has 208 valence electrons. The second kappa shape index (κ2) is 11.6. The Labute approximate surface area is 207 Å². The molecular formula is C15H20N5O14P3-4. The van der Waals surface area contributed by atoms with Gasteiger partial charge >= 0.3 is 0 Å². The van der Waals surface area contributed by atoms with Crippen LogP contribution < -0.4 is 24.9 Å². The van der Waals surface area contributed by atoms with Crippen molar-refractivity contribution < 1.29 is 66.5 Å². The van der Waals surface area contributed by atoms with Crippen molar-refractivity contribution in [3.63, 3.8) is 0 Å². The van der Waals surface area contributed by atoms with Gasteiger partial charge in [0.2, 0.25) is 0 Å². The van der Waals surface area contributed by atoms with E-state index in [9.17, 15) is 43.5 Å². The number of aliphatic hydroxyl groups is 3. The fraction of sp³-hybridized carbons (Fsp3) is 0.533. The van der Waals surface area contributed by atoms with E-state index < -0.39 is 54.6 Å². The second-order valence-electron chi connectivity index (χ2n) is 7.48. The maximum atomic E-state index is 11.7. The average Bonchev–Trinajstić information content (AvgIpc) is 3.31. The van der Waals surface area contributed by atoms with Crippen LogP contribution in [0.5, 0.6) is 0 Å². The standard InChI is InChI=1S/C15H24N5O14P3/c1-8(4-21)2-3-16-13-10-14(18-6-17-13)20(7-19-10)15-12(23)11(22)9(32-15)5-31-36(27,28)34-37(29,30)33-35(24,25)26/h2,6-7,9,11-12,15,21-23H,3-5H2,1H3,(H,27,28)(H,29,30)(H,16,17,18)(H2,24,25,26)/p-4/b8-2+/t9-,11-,12-,15-/m1/s1. The number of phosphoric ester groups is 1. The molecule has 2 aromatic rings. The molecule has 22 heteroatoms. The number of aromatic nitrogens is 4. The second-order valence-corrected chi connectivity index (χ2v) is 11.7. The van der Waals surface area contributed by atoms with Crippen LogP contribution in [-0.2, 0) is 31.6 Å². The minimum absolute atomic E-state index is 0.125. The van der Waals surface area contributed by atoms with E-state index >= 15 is 0 Å². The number of rotatable bonds is 12. The predicted octanol–water partition coefficient (Wildman–Crippen LogP) is -3.39. The molecule has 2 aromatic heterocycles. The van der Waals surface area contributed by atoms with Crippen molar-refractivity contribution >= 4 is 40.4 Å². The van der Waals surface area contributed by atoms with Gasteiger partial charge in [0.15, 0.2) is 23.2 Å². The lowest BCUT2D eigenvalue weighted by molar-refractivity contribution is -0.339. The zero-order chi connectivity index (χ0) is 27.6. The third-order valence-corrected chi connectivity index (χ3v) is 8.40. The van der Waals surface area contributed by atoms with E-state index in [1.54, 1.807) is 13.0 Å². The quantitative estimate of drug-likeness (QED) is 0.139. The summed E-state index contributed by atoms with van der Waals surface area (Å²) in [4.78, 5) is 56.0. The minimum Gasteiger partial charge on any atom is -0.790 e. The van der Waals surface area contributed by atoms with Gasteiger partial charge in [0, 0.05) is 6.54 Å². The van der Waals surface area contributed by atoms with Crippen molar-refractivity contribution in [3.8, 4) is 0 Å². The molecule has 1 fully saturated rings. The van der Waals surface area contributed by atoms with E-state index in [1.807, 2.05) is 0 Å². The monoisotopic (exact) mass is 587 g/mol. The molecule has 0 saturated carbocycles. The summed E-state index contributed by atoms with van der Waals surface area (Å²) in [6, 6.07) is 0. The van der Waals surface area contributed by atoms with Crippen LogP contribution >= 0.6 is 23.5 Å². The fourth-order valence-electron chi connectivity index (χ4n) is 3.10. The summed E-state index contributed by atoms with van der Waals surface area (Å²) in [6.45, 7) is 0.803. The third-order valence-electron chi connectivity index (χ3n) is 4.74. The first-order valence-electron chi connectivity index (χ1n) is 10.0. The summed E-state index contributed by atoms with van der Waals surface area (Å²) in [6.07, 6.45) is -2.24. The van der Waals surface area contributed by atoms with Crippen molar-refractivity contribution in [1.82, 2.24) is 19.5 Å². The van der Waals surface area contributed by atoms with Gasteiger partial charge in [-0.3, -0.25) is 18.0 Å². The zero-order valence-corrected chi connectivity index (χ0v) is 21.3. The van der Waals surface area contributed by atoms with Crippen LogP contribution in [0.25, 0.3) is 11.2 Å². The highest BCUT2D eigenvalue weighted by molar-refractivity contribution is 7.64. The zero-order valence-electron chi connectivity index (χ0n) is 18.6. The average molecular weight is 587 g/mol. The Bertz CT molecular complexity index is 1280. The summed E-state index contributed by atoms with van der Waals surface area (Å²) in [5.41, 5.74) is 1.11. The van der Waals surface area contributed by atoms with Gasteiger partial charge in [-0.15, -0.1) is 0 Å². The highest BCUT2D eigenvalue weighted by Crippen LogP contribution is 2.60. The molecule has 0 radical (unpaired) electrons. The van der Waals surface area contributed by atoms with Crippen molar-refractivity contribution in [2.45, 2.75) is 31.5 Å². The van der Waals surface area contributed by atoms with Crippen LogP contribution in [0.3, 0.4) is 0 Å². The van der Waals surface area contributed by atoms with Crippen LogP contribution in [0.1, 0.15) is 13.2 Å². The molecule has 0 aromatic carbocycles. The normalized spacial score (nSPS) is 26.2. The van der Waals surface area contributed by atoms with Gasteiger partial charge in [0.25, 0.3) is 15.6 Å². The molecule has 0 aliphatic carbocycles. The van der Waals surface area contributed by atoms with E-state index in [-0.39, 0.29) is 17.8 Å². The predicted molar refractivity (Wildman–Crippen MR) is 112 cm³/mol. The van der Waals surface area contributed by atoms with Gasteiger partial charge in [0.1, 0.15) is 24.6 Å². The third kappa shape index (κ3) is 7.92. The molecule has 0 amide bonds. The van der Waals surface area contributed by atoms with Gasteiger partial charge in [-0.05, 0) is 6.92 Å². The first-order valence-corrected chi connectivity index (χ1v) is 14.4. The lowest BCUT2D eigenvalue weighted by Gasteiger charge is -2.37. The van der Waals surface area contributed by atoms with Gasteiger partial charge in [0.05, 0.1) is 27.4 Å². The Morgan fingerprint density at radius 1 is 1.14 bits per heavy atom. The number of aliphatic hydroxyl groups excluding tert-OH is 3. The largest absolute Gasteiger partial charge is 0.790 e. The van der Waals surface area contributed by atoms with E-state index in [1.165, 1.54) is 17.2 Å². The van der Waals surface area contributed by atoms with Crippen LogP contribution in [0.4, 0.5) is 5.82 Å². The van der Waals surface area contributed by atoms with Crippen molar-refractivity contribution in [2.75, 3.05) is 25.1 Å². The summed E-state index contributed by atoms with van der Waals surface area (Å²) in [7, 11) is -18.2. The highest BCUT2D eigenvalue weighted by atomic mass is 31.3.